The van der Waals surface area contributed by atoms with Gasteiger partial charge >= 0.3 is 0 Å². The lowest BCUT2D eigenvalue weighted by atomic mass is 10.1. The Morgan fingerprint density at radius 3 is 2.54 bits per heavy atom. The Bertz CT molecular complexity index is 771. The average molecular weight is 404 g/mol. The molecular formula is C22H29NO4S. The summed E-state index contributed by atoms with van der Waals surface area (Å²) in [4.78, 5) is 25.0. The SMILES string of the molecule is COc1cc([C@H](C)NC(=O)CCCC(=O)c2cccs2)ccc1OCC(C)C. The molecule has 0 saturated heterocycles. The summed E-state index contributed by atoms with van der Waals surface area (Å²) in [6.07, 6.45) is 1.26. The van der Waals surface area contributed by atoms with Gasteiger partial charge in [0.15, 0.2) is 17.3 Å². The minimum Gasteiger partial charge on any atom is -0.493 e. The number of nitrogens with one attached hydrogen (secondary N) is 1. The quantitative estimate of drug-likeness (QED) is 0.535. The van der Waals surface area contributed by atoms with Crippen molar-refractivity contribution in [3.63, 3.8) is 0 Å². The molecule has 1 aromatic carbocycles. The van der Waals surface area contributed by atoms with Gasteiger partial charge in [0.2, 0.25) is 5.91 Å². The molecule has 5 nitrogen and oxygen atoms in total. The van der Waals surface area contributed by atoms with Crippen molar-refractivity contribution in [1.29, 1.82) is 0 Å². The second kappa shape index (κ2) is 10.9. The van der Waals surface area contributed by atoms with Crippen LogP contribution >= 0.6 is 11.3 Å². The van der Waals surface area contributed by atoms with E-state index in [-0.39, 0.29) is 17.7 Å². The molecule has 0 aliphatic heterocycles. The van der Waals surface area contributed by atoms with E-state index < -0.39 is 0 Å². The molecule has 0 unspecified atom stereocenters. The molecule has 2 rings (SSSR count). The largest absolute Gasteiger partial charge is 0.493 e. The number of Topliss-reactive ketones (excluding diaryl/α,β-unsaturated/α-hetero) is 1. The number of hydrogen-bond donors (Lipinski definition) is 1. The van der Waals surface area contributed by atoms with E-state index in [0.29, 0.717) is 43.3 Å². The minimum atomic E-state index is -0.159. The maximum Gasteiger partial charge on any atom is 0.220 e. The zero-order valence-corrected chi connectivity index (χ0v) is 17.8. The van der Waals surface area contributed by atoms with E-state index in [9.17, 15) is 9.59 Å². The molecule has 1 heterocycles. The van der Waals surface area contributed by atoms with Crippen molar-refractivity contribution < 1.29 is 19.1 Å². The van der Waals surface area contributed by atoms with E-state index in [1.807, 2.05) is 42.6 Å². The van der Waals surface area contributed by atoms with Crippen LogP contribution in [0.3, 0.4) is 0 Å². The summed E-state index contributed by atoms with van der Waals surface area (Å²) < 4.78 is 11.2. The summed E-state index contributed by atoms with van der Waals surface area (Å²) in [5.74, 6) is 1.81. The molecule has 0 bridgehead atoms. The van der Waals surface area contributed by atoms with Crippen molar-refractivity contribution in [3.8, 4) is 11.5 Å². The Labute approximate surface area is 171 Å². The molecule has 1 amide bonds. The first-order valence-corrected chi connectivity index (χ1v) is 10.5. The van der Waals surface area contributed by atoms with Crippen LogP contribution < -0.4 is 14.8 Å². The van der Waals surface area contributed by atoms with E-state index in [2.05, 4.69) is 19.2 Å². The topological polar surface area (TPSA) is 64.6 Å². The number of carbonyl (C=O) groups excluding carboxylic acids is 2. The second-order valence-electron chi connectivity index (χ2n) is 7.16. The molecule has 0 saturated carbocycles. The first kappa shape index (κ1) is 22.0. The predicted molar refractivity (Wildman–Crippen MR) is 112 cm³/mol. The van der Waals surface area contributed by atoms with Gasteiger partial charge in [0.25, 0.3) is 0 Å². The third-order valence-corrected chi connectivity index (χ3v) is 5.15. The van der Waals surface area contributed by atoms with Gasteiger partial charge in [0, 0.05) is 12.8 Å². The lowest BCUT2D eigenvalue weighted by Gasteiger charge is -2.18. The van der Waals surface area contributed by atoms with Crippen molar-refractivity contribution in [2.24, 2.45) is 5.92 Å². The number of thiophene rings is 1. The third kappa shape index (κ3) is 6.68. The number of rotatable bonds is 11. The van der Waals surface area contributed by atoms with Crippen LogP contribution in [0.25, 0.3) is 0 Å². The van der Waals surface area contributed by atoms with Gasteiger partial charge in [0.1, 0.15) is 0 Å². The molecule has 2 aromatic rings. The van der Waals surface area contributed by atoms with Crippen molar-refractivity contribution in [2.75, 3.05) is 13.7 Å². The smallest absolute Gasteiger partial charge is 0.220 e. The second-order valence-corrected chi connectivity index (χ2v) is 8.11. The molecule has 0 fully saturated rings. The van der Waals surface area contributed by atoms with Crippen molar-refractivity contribution in [2.45, 2.75) is 46.1 Å². The minimum absolute atomic E-state index is 0.0643. The number of ketones is 1. The molecule has 0 aliphatic rings. The third-order valence-electron chi connectivity index (χ3n) is 4.24. The fourth-order valence-electron chi connectivity index (χ4n) is 2.70. The van der Waals surface area contributed by atoms with Crippen LogP contribution in [0, 0.1) is 5.92 Å². The maximum absolute atomic E-state index is 12.2. The van der Waals surface area contributed by atoms with Gasteiger partial charge in [-0.1, -0.05) is 26.0 Å². The monoisotopic (exact) mass is 403 g/mol. The average Bonchev–Trinajstić information content (AvgIpc) is 3.20. The molecular weight excluding hydrogens is 374 g/mol. The summed E-state index contributed by atoms with van der Waals surface area (Å²) >= 11 is 1.44. The van der Waals surface area contributed by atoms with Gasteiger partial charge in [0.05, 0.1) is 24.6 Å². The first-order chi connectivity index (χ1) is 13.4. The van der Waals surface area contributed by atoms with Gasteiger partial charge in [-0.25, -0.2) is 0 Å². The van der Waals surface area contributed by atoms with Gasteiger partial charge in [-0.05, 0) is 48.4 Å². The summed E-state index contributed by atoms with van der Waals surface area (Å²) in [5, 5.41) is 4.87. The molecule has 0 aliphatic carbocycles. The van der Waals surface area contributed by atoms with E-state index in [0.717, 1.165) is 10.4 Å². The van der Waals surface area contributed by atoms with Gasteiger partial charge in [-0.15, -0.1) is 11.3 Å². The number of carbonyl (C=O) groups is 2. The Morgan fingerprint density at radius 2 is 1.89 bits per heavy atom. The van der Waals surface area contributed by atoms with Gasteiger partial charge in [-0.3, -0.25) is 9.59 Å². The van der Waals surface area contributed by atoms with Gasteiger partial charge < -0.3 is 14.8 Å². The molecule has 0 spiro atoms. The highest BCUT2D eigenvalue weighted by molar-refractivity contribution is 7.12. The number of amides is 1. The summed E-state index contributed by atoms with van der Waals surface area (Å²) in [6.45, 7) is 6.73. The van der Waals surface area contributed by atoms with Crippen LogP contribution in [0.1, 0.15) is 61.3 Å². The molecule has 28 heavy (non-hydrogen) atoms. The number of benzene rings is 1. The normalized spacial score (nSPS) is 11.9. The highest BCUT2D eigenvalue weighted by Gasteiger charge is 2.14. The maximum atomic E-state index is 12.2. The Morgan fingerprint density at radius 1 is 1.11 bits per heavy atom. The van der Waals surface area contributed by atoms with Crippen LogP contribution in [-0.2, 0) is 4.79 Å². The van der Waals surface area contributed by atoms with Crippen LogP contribution in [-0.4, -0.2) is 25.4 Å². The predicted octanol–water partition coefficient (Wildman–Crippen LogP) is 5.02. The first-order valence-electron chi connectivity index (χ1n) is 9.57. The number of hydrogen-bond acceptors (Lipinski definition) is 5. The standard InChI is InChI=1S/C22H29NO4S/c1-15(2)14-27-19-11-10-17(13-20(19)26-4)16(3)23-22(25)9-5-7-18(24)21-8-6-12-28-21/h6,8,10-13,15-16H,5,7,9,14H2,1-4H3,(H,23,25)/t16-/m0/s1. The molecule has 1 N–H and O–H groups in total. The van der Waals surface area contributed by atoms with E-state index >= 15 is 0 Å². The summed E-state index contributed by atoms with van der Waals surface area (Å²) in [5.41, 5.74) is 0.941. The highest BCUT2D eigenvalue weighted by Crippen LogP contribution is 2.30. The van der Waals surface area contributed by atoms with Crippen molar-refractivity contribution >= 4 is 23.0 Å². The Kier molecular flexibility index (Phi) is 8.51. The summed E-state index contributed by atoms with van der Waals surface area (Å²) in [6, 6.07) is 9.22. The molecule has 1 atom stereocenters. The van der Waals surface area contributed by atoms with Crippen LogP contribution in [0.4, 0.5) is 0 Å². The lowest BCUT2D eigenvalue weighted by Crippen LogP contribution is -2.26. The zero-order valence-electron chi connectivity index (χ0n) is 17.0. The number of ether oxygens (including phenoxy) is 2. The molecule has 1 aromatic heterocycles. The molecule has 0 radical (unpaired) electrons. The van der Waals surface area contributed by atoms with E-state index in [1.54, 1.807) is 7.11 Å². The lowest BCUT2D eigenvalue weighted by molar-refractivity contribution is -0.121. The van der Waals surface area contributed by atoms with Crippen LogP contribution in [0.2, 0.25) is 0 Å². The van der Waals surface area contributed by atoms with Gasteiger partial charge in [-0.2, -0.15) is 0 Å². The van der Waals surface area contributed by atoms with Crippen LogP contribution in [0.5, 0.6) is 11.5 Å². The fraction of sp³-hybridized carbons (Fsp3) is 0.455. The van der Waals surface area contributed by atoms with Crippen molar-refractivity contribution in [1.82, 2.24) is 5.32 Å². The fourth-order valence-corrected chi connectivity index (χ4v) is 3.39. The van der Waals surface area contributed by atoms with Crippen LogP contribution in [0.15, 0.2) is 35.7 Å². The number of methoxy groups -OCH3 is 1. The summed E-state index contributed by atoms with van der Waals surface area (Å²) in [7, 11) is 1.61. The van der Waals surface area contributed by atoms with E-state index in [1.165, 1.54) is 11.3 Å². The highest BCUT2D eigenvalue weighted by atomic mass is 32.1. The molecule has 6 heteroatoms. The van der Waals surface area contributed by atoms with E-state index in [4.69, 9.17) is 9.47 Å². The zero-order chi connectivity index (χ0) is 20.5. The Hall–Kier alpha value is -2.34. The molecule has 152 valence electrons. The van der Waals surface area contributed by atoms with Crippen molar-refractivity contribution in [3.05, 3.63) is 46.2 Å². The Balaban J connectivity index is 1.84.